The summed E-state index contributed by atoms with van der Waals surface area (Å²) in [4.78, 5) is 10.8. The van der Waals surface area contributed by atoms with Gasteiger partial charge in [0.2, 0.25) is 5.91 Å². The zero-order valence-corrected chi connectivity index (χ0v) is 10.3. The van der Waals surface area contributed by atoms with Crippen molar-refractivity contribution in [3.05, 3.63) is 0 Å². The molecule has 0 spiro atoms. The van der Waals surface area contributed by atoms with Crippen molar-refractivity contribution < 1.29 is 36.9 Å². The second kappa shape index (κ2) is 5.91. The maximum absolute atomic E-state index is 10.8. The standard InChI is InChI=1S/C8H15NO8S/c1-4(10)9-5-2-16-6(8(12)7(5)11)3-17-18(13,14)15/h5-8,11-12H,2-3H2,1H3,(H,9,10)(H,13,14,15)/t5?,6?,7-,8+/m0/s1. The van der Waals surface area contributed by atoms with Crippen molar-refractivity contribution in [2.24, 2.45) is 0 Å². The molecule has 4 atom stereocenters. The first kappa shape index (κ1) is 15.3. The predicted octanol–water partition coefficient (Wildman–Crippen LogP) is -2.57. The van der Waals surface area contributed by atoms with Gasteiger partial charge in [-0.15, -0.1) is 0 Å². The molecule has 10 heteroatoms. The van der Waals surface area contributed by atoms with Gasteiger partial charge in [0.15, 0.2) is 0 Å². The summed E-state index contributed by atoms with van der Waals surface area (Å²) in [7, 11) is -4.64. The van der Waals surface area contributed by atoms with Crippen LogP contribution < -0.4 is 5.32 Å². The van der Waals surface area contributed by atoms with Gasteiger partial charge in [-0.25, -0.2) is 4.18 Å². The SMILES string of the molecule is CC(=O)NC1COC(COS(=O)(=O)O)[C@@H](O)[C@H]1O. The highest BCUT2D eigenvalue weighted by Crippen LogP contribution is 2.16. The first-order valence-electron chi connectivity index (χ1n) is 5.07. The van der Waals surface area contributed by atoms with Crippen LogP contribution in [0.15, 0.2) is 0 Å². The Hall–Kier alpha value is -0.780. The number of amides is 1. The molecule has 0 radical (unpaired) electrons. The second-order valence-corrected chi connectivity index (χ2v) is 4.96. The molecule has 1 fully saturated rings. The number of carbonyl (C=O) groups is 1. The van der Waals surface area contributed by atoms with E-state index in [1.54, 1.807) is 0 Å². The van der Waals surface area contributed by atoms with Gasteiger partial charge >= 0.3 is 10.4 Å². The molecule has 0 aromatic carbocycles. The fourth-order valence-corrected chi connectivity index (χ4v) is 1.88. The topological polar surface area (TPSA) is 142 Å². The molecule has 0 bridgehead atoms. The summed E-state index contributed by atoms with van der Waals surface area (Å²) in [5.74, 6) is -0.400. The molecule has 1 amide bonds. The lowest BCUT2D eigenvalue weighted by Gasteiger charge is -2.37. The summed E-state index contributed by atoms with van der Waals surface area (Å²) in [5.41, 5.74) is 0. The number of aliphatic hydroxyl groups excluding tert-OH is 2. The van der Waals surface area contributed by atoms with Crippen molar-refractivity contribution in [1.82, 2.24) is 5.32 Å². The molecular formula is C8H15NO8S. The Labute approximate surface area is 104 Å². The molecule has 1 heterocycles. The first-order chi connectivity index (χ1) is 8.20. The van der Waals surface area contributed by atoms with Crippen LogP contribution >= 0.6 is 0 Å². The van der Waals surface area contributed by atoms with E-state index in [0.717, 1.165) is 0 Å². The van der Waals surface area contributed by atoms with E-state index in [2.05, 4.69) is 9.50 Å². The van der Waals surface area contributed by atoms with Gasteiger partial charge in [0.1, 0.15) is 18.3 Å². The Bertz CT molecular complexity index is 396. The van der Waals surface area contributed by atoms with E-state index in [1.165, 1.54) is 6.92 Å². The van der Waals surface area contributed by atoms with Crippen LogP contribution in [-0.2, 0) is 24.1 Å². The summed E-state index contributed by atoms with van der Waals surface area (Å²) in [6.07, 6.45) is -3.89. The average Bonchev–Trinajstić information content (AvgIpc) is 2.22. The van der Waals surface area contributed by atoms with Crippen molar-refractivity contribution in [2.75, 3.05) is 13.2 Å². The van der Waals surface area contributed by atoms with Gasteiger partial charge in [-0.3, -0.25) is 9.35 Å². The van der Waals surface area contributed by atoms with Crippen LogP contribution in [0.3, 0.4) is 0 Å². The number of ether oxygens (including phenoxy) is 1. The third-order valence-electron chi connectivity index (χ3n) is 2.40. The molecule has 1 rings (SSSR count). The van der Waals surface area contributed by atoms with Gasteiger partial charge in [-0.2, -0.15) is 8.42 Å². The Balaban J connectivity index is 2.55. The zero-order valence-electron chi connectivity index (χ0n) is 9.51. The highest BCUT2D eigenvalue weighted by atomic mass is 32.3. The van der Waals surface area contributed by atoms with Crippen LogP contribution in [0.25, 0.3) is 0 Å². The molecule has 0 saturated carbocycles. The van der Waals surface area contributed by atoms with Crippen LogP contribution in [0.5, 0.6) is 0 Å². The fraction of sp³-hybridized carbons (Fsp3) is 0.875. The summed E-state index contributed by atoms with van der Waals surface area (Å²) in [5, 5.41) is 21.7. The predicted molar refractivity (Wildman–Crippen MR) is 56.9 cm³/mol. The molecule has 9 nitrogen and oxygen atoms in total. The number of hydrogen-bond acceptors (Lipinski definition) is 7. The van der Waals surface area contributed by atoms with E-state index < -0.39 is 47.3 Å². The smallest absolute Gasteiger partial charge is 0.388 e. The number of carbonyl (C=O) groups excluding carboxylic acids is 1. The van der Waals surface area contributed by atoms with Gasteiger partial charge < -0.3 is 20.3 Å². The minimum Gasteiger partial charge on any atom is -0.388 e. The Kier molecular flexibility index (Phi) is 5.01. The lowest BCUT2D eigenvalue weighted by molar-refractivity contribution is -0.162. The van der Waals surface area contributed by atoms with Crippen LogP contribution in [-0.4, -0.2) is 66.7 Å². The molecule has 0 aromatic rings. The molecule has 1 saturated heterocycles. The van der Waals surface area contributed by atoms with E-state index in [1.807, 2.05) is 0 Å². The van der Waals surface area contributed by atoms with Gasteiger partial charge in [0, 0.05) is 6.92 Å². The van der Waals surface area contributed by atoms with Gasteiger partial charge in [0.25, 0.3) is 0 Å². The number of aliphatic hydroxyl groups is 2. The molecule has 4 N–H and O–H groups in total. The second-order valence-electron chi connectivity index (χ2n) is 3.87. The van der Waals surface area contributed by atoms with E-state index in [0.29, 0.717) is 0 Å². The Morgan fingerprint density at radius 1 is 1.44 bits per heavy atom. The van der Waals surface area contributed by atoms with E-state index >= 15 is 0 Å². The maximum Gasteiger partial charge on any atom is 0.397 e. The third kappa shape index (κ3) is 4.48. The monoisotopic (exact) mass is 285 g/mol. The number of rotatable bonds is 4. The van der Waals surface area contributed by atoms with Gasteiger partial charge in [-0.1, -0.05) is 0 Å². The maximum atomic E-state index is 10.8. The normalized spacial score (nSPS) is 33.1. The highest BCUT2D eigenvalue weighted by molar-refractivity contribution is 7.80. The molecule has 18 heavy (non-hydrogen) atoms. The molecular weight excluding hydrogens is 270 g/mol. The zero-order chi connectivity index (χ0) is 13.9. The Morgan fingerprint density at radius 3 is 2.56 bits per heavy atom. The van der Waals surface area contributed by atoms with Gasteiger partial charge in [-0.05, 0) is 0 Å². The molecule has 0 aliphatic carbocycles. The number of nitrogens with one attached hydrogen (secondary N) is 1. The minimum atomic E-state index is -4.64. The molecule has 0 aromatic heterocycles. The molecule has 2 unspecified atom stereocenters. The van der Waals surface area contributed by atoms with E-state index in [9.17, 15) is 23.4 Å². The largest absolute Gasteiger partial charge is 0.397 e. The summed E-state index contributed by atoms with van der Waals surface area (Å²) in [6.45, 7) is 0.494. The first-order valence-corrected chi connectivity index (χ1v) is 6.44. The third-order valence-corrected chi connectivity index (χ3v) is 2.84. The minimum absolute atomic E-state index is 0.114. The molecule has 1 aliphatic rings. The van der Waals surface area contributed by atoms with Crippen molar-refractivity contribution >= 4 is 16.3 Å². The highest BCUT2D eigenvalue weighted by Gasteiger charge is 2.39. The lowest BCUT2D eigenvalue weighted by atomic mass is 9.98. The van der Waals surface area contributed by atoms with E-state index in [-0.39, 0.29) is 6.61 Å². The summed E-state index contributed by atoms with van der Waals surface area (Å²) >= 11 is 0. The van der Waals surface area contributed by atoms with Crippen molar-refractivity contribution in [1.29, 1.82) is 0 Å². The van der Waals surface area contributed by atoms with Crippen LogP contribution in [0.4, 0.5) is 0 Å². The number of hydrogen-bond donors (Lipinski definition) is 4. The average molecular weight is 285 g/mol. The van der Waals surface area contributed by atoms with E-state index in [4.69, 9.17) is 9.29 Å². The van der Waals surface area contributed by atoms with Crippen molar-refractivity contribution in [3.63, 3.8) is 0 Å². The fourth-order valence-electron chi connectivity index (χ4n) is 1.57. The van der Waals surface area contributed by atoms with Crippen molar-refractivity contribution in [2.45, 2.75) is 31.3 Å². The lowest BCUT2D eigenvalue weighted by Crippen LogP contribution is -2.59. The van der Waals surface area contributed by atoms with Crippen molar-refractivity contribution in [3.8, 4) is 0 Å². The quantitative estimate of drug-likeness (QED) is 0.413. The molecule has 106 valence electrons. The van der Waals surface area contributed by atoms with Gasteiger partial charge in [0.05, 0.1) is 19.3 Å². The van der Waals surface area contributed by atoms with Crippen LogP contribution in [0.1, 0.15) is 6.92 Å². The summed E-state index contributed by atoms with van der Waals surface area (Å²) < 4.78 is 38.2. The molecule has 1 aliphatic heterocycles. The summed E-state index contributed by atoms with van der Waals surface area (Å²) in [6, 6.07) is -0.792. The Morgan fingerprint density at radius 2 is 2.06 bits per heavy atom. The van der Waals surface area contributed by atoms with Crippen LogP contribution in [0.2, 0.25) is 0 Å². The van der Waals surface area contributed by atoms with Crippen LogP contribution in [0, 0.1) is 0 Å².